The van der Waals surface area contributed by atoms with Crippen LogP contribution < -0.4 is 10.6 Å². The summed E-state index contributed by atoms with van der Waals surface area (Å²) in [7, 11) is 0. The van der Waals surface area contributed by atoms with Gasteiger partial charge in [-0.25, -0.2) is 4.98 Å². The lowest BCUT2D eigenvalue weighted by Gasteiger charge is -2.35. The molecule has 35 heavy (non-hydrogen) atoms. The van der Waals surface area contributed by atoms with Crippen LogP contribution in [0.25, 0.3) is 10.9 Å². The molecule has 0 spiro atoms. The van der Waals surface area contributed by atoms with Crippen LogP contribution in [0.2, 0.25) is 0 Å². The van der Waals surface area contributed by atoms with Gasteiger partial charge in [0.1, 0.15) is 12.3 Å². The number of aromatic nitrogens is 1. The summed E-state index contributed by atoms with van der Waals surface area (Å²) in [6, 6.07) is 5.67. The summed E-state index contributed by atoms with van der Waals surface area (Å²) in [6.07, 6.45) is -9.17. The minimum absolute atomic E-state index is 0.0137. The van der Waals surface area contributed by atoms with Crippen molar-refractivity contribution in [3.63, 3.8) is 0 Å². The summed E-state index contributed by atoms with van der Waals surface area (Å²) >= 11 is 0. The van der Waals surface area contributed by atoms with Crippen molar-refractivity contribution in [2.45, 2.75) is 44.1 Å². The first-order chi connectivity index (χ1) is 16.3. The minimum atomic E-state index is -4.49. The molecular formula is C23H23F6N3O3. The van der Waals surface area contributed by atoms with E-state index in [1.807, 2.05) is 0 Å². The highest BCUT2D eigenvalue weighted by molar-refractivity contribution is 5.95. The van der Waals surface area contributed by atoms with Gasteiger partial charge in [-0.15, -0.1) is 0 Å². The monoisotopic (exact) mass is 503 g/mol. The first kappa shape index (κ1) is 26.5. The number of hydrogen-bond donors (Lipinski definition) is 2. The quantitative estimate of drug-likeness (QED) is 0.484. The van der Waals surface area contributed by atoms with Gasteiger partial charge < -0.3 is 15.4 Å². The molecule has 0 bridgehead atoms. The van der Waals surface area contributed by atoms with E-state index in [0.29, 0.717) is 0 Å². The molecule has 0 saturated heterocycles. The molecule has 2 aromatic rings. The van der Waals surface area contributed by atoms with Gasteiger partial charge in [0.2, 0.25) is 5.91 Å². The van der Waals surface area contributed by atoms with E-state index >= 15 is 0 Å². The van der Waals surface area contributed by atoms with Crippen molar-refractivity contribution in [1.82, 2.24) is 15.6 Å². The molecule has 1 fully saturated rings. The first-order valence-corrected chi connectivity index (χ1v) is 10.7. The fourth-order valence-electron chi connectivity index (χ4n) is 3.62. The summed E-state index contributed by atoms with van der Waals surface area (Å²) in [6.45, 7) is 3.55. The normalized spacial score (nSPS) is 18.1. The number of amides is 2. The Hall–Kier alpha value is -3.15. The topological polar surface area (TPSA) is 80.3 Å². The highest BCUT2D eigenvalue weighted by Gasteiger charge is 2.39. The lowest BCUT2D eigenvalue weighted by atomic mass is 9.80. The predicted molar refractivity (Wildman–Crippen MR) is 114 cm³/mol. The van der Waals surface area contributed by atoms with Crippen LogP contribution in [0.3, 0.4) is 0 Å². The molecule has 2 amide bonds. The van der Waals surface area contributed by atoms with Crippen LogP contribution in [0.15, 0.2) is 42.6 Å². The van der Waals surface area contributed by atoms with Crippen LogP contribution >= 0.6 is 0 Å². The average Bonchev–Trinajstić information content (AvgIpc) is 2.73. The summed E-state index contributed by atoms with van der Waals surface area (Å²) in [4.78, 5) is 28.2. The second kappa shape index (κ2) is 10.6. The third kappa shape index (κ3) is 7.94. The maximum atomic E-state index is 12.8. The van der Waals surface area contributed by atoms with Gasteiger partial charge in [0.05, 0.1) is 17.2 Å². The Labute approximate surface area is 196 Å². The third-order valence-corrected chi connectivity index (χ3v) is 5.45. The van der Waals surface area contributed by atoms with Crippen molar-refractivity contribution >= 4 is 22.7 Å². The van der Waals surface area contributed by atoms with Gasteiger partial charge in [-0.05, 0) is 43.0 Å². The van der Waals surface area contributed by atoms with E-state index in [9.17, 15) is 35.9 Å². The number of pyridine rings is 1. The molecule has 1 heterocycles. The number of alkyl halides is 6. The zero-order valence-corrected chi connectivity index (χ0v) is 18.4. The van der Waals surface area contributed by atoms with Gasteiger partial charge in [-0.2, -0.15) is 26.3 Å². The van der Waals surface area contributed by atoms with Gasteiger partial charge >= 0.3 is 12.4 Å². The van der Waals surface area contributed by atoms with E-state index in [-0.39, 0.29) is 60.8 Å². The van der Waals surface area contributed by atoms with Crippen molar-refractivity contribution in [1.29, 1.82) is 0 Å². The highest BCUT2D eigenvalue weighted by Crippen LogP contribution is 2.38. The molecule has 190 valence electrons. The number of hydrogen-bond acceptors (Lipinski definition) is 4. The number of fused-ring (bicyclic) bond motifs is 1. The molecule has 12 heteroatoms. The molecule has 6 nitrogen and oxygen atoms in total. The molecule has 1 aromatic carbocycles. The smallest absolute Gasteiger partial charge is 0.368 e. The maximum Gasteiger partial charge on any atom is 0.416 e. The van der Waals surface area contributed by atoms with E-state index < -0.39 is 42.1 Å². The fourth-order valence-corrected chi connectivity index (χ4v) is 3.62. The zero-order valence-electron chi connectivity index (χ0n) is 18.4. The van der Waals surface area contributed by atoms with Crippen molar-refractivity contribution in [2.24, 2.45) is 5.92 Å². The van der Waals surface area contributed by atoms with Crippen LogP contribution in [0, 0.1) is 5.92 Å². The lowest BCUT2D eigenvalue weighted by molar-refractivity contribution is -0.163. The third-order valence-electron chi connectivity index (χ3n) is 5.45. The zero-order chi connectivity index (χ0) is 25.8. The summed E-state index contributed by atoms with van der Waals surface area (Å²) < 4.78 is 80.6. The number of carbonyl (C=O) groups excluding carboxylic acids is 2. The van der Waals surface area contributed by atoms with Gasteiger partial charge in [0.15, 0.2) is 0 Å². The van der Waals surface area contributed by atoms with Crippen LogP contribution in [0.1, 0.15) is 41.7 Å². The van der Waals surface area contributed by atoms with Crippen LogP contribution in [-0.4, -0.2) is 42.2 Å². The summed E-state index contributed by atoms with van der Waals surface area (Å²) in [5.74, 6) is -1.52. The largest absolute Gasteiger partial charge is 0.416 e. The maximum absolute atomic E-state index is 12.8. The van der Waals surface area contributed by atoms with Crippen LogP contribution in [0.5, 0.6) is 0 Å². The first-order valence-electron chi connectivity index (χ1n) is 10.7. The number of halogens is 6. The summed E-state index contributed by atoms with van der Waals surface area (Å²) in [5.41, 5.74) is -0.331. The second-order valence-electron chi connectivity index (χ2n) is 8.35. The highest BCUT2D eigenvalue weighted by atomic mass is 19.4. The van der Waals surface area contributed by atoms with Crippen LogP contribution in [-0.2, 0) is 15.7 Å². The molecule has 1 saturated carbocycles. The van der Waals surface area contributed by atoms with E-state index in [4.69, 9.17) is 4.74 Å². The Balaban J connectivity index is 1.37. The van der Waals surface area contributed by atoms with Gasteiger partial charge in [-0.3, -0.25) is 9.59 Å². The number of carbonyl (C=O) groups is 2. The number of nitrogens with one attached hydrogen (secondary N) is 2. The second-order valence-corrected chi connectivity index (χ2v) is 8.35. The average molecular weight is 503 g/mol. The van der Waals surface area contributed by atoms with Gasteiger partial charge in [0, 0.05) is 30.5 Å². The van der Waals surface area contributed by atoms with Crippen molar-refractivity contribution in [3.05, 3.63) is 53.9 Å². The molecule has 1 aromatic heterocycles. The molecule has 1 aliphatic carbocycles. The van der Waals surface area contributed by atoms with Gasteiger partial charge in [0.25, 0.3) is 5.91 Å². The Morgan fingerprint density at radius 2 is 1.80 bits per heavy atom. The number of benzene rings is 1. The van der Waals surface area contributed by atoms with Crippen LogP contribution in [0.4, 0.5) is 26.3 Å². The Morgan fingerprint density at radius 3 is 2.46 bits per heavy atom. The number of rotatable bonds is 9. The number of ether oxygens (including phenoxy) is 1. The summed E-state index contributed by atoms with van der Waals surface area (Å²) in [5, 5.41) is 5.30. The molecule has 2 N–H and O–H groups in total. The molecule has 1 aliphatic rings. The molecule has 0 aliphatic heterocycles. The molecule has 3 rings (SSSR count). The standard InChI is InChI=1S/C23H23F6N3O3/c1-13(6-7-30-20(33)12-35-17-8-14(9-17)11-22(24,25)26)31-21(34)19-4-2-15-10-16(23(27,28)29)3-5-18(15)32-19/h2-5,10,14,17H,1,6-9,11-12H2,(H,30,33)(H,31,34). The minimum Gasteiger partial charge on any atom is -0.368 e. The predicted octanol–water partition coefficient (Wildman–Crippen LogP) is 4.75. The Morgan fingerprint density at radius 1 is 1.09 bits per heavy atom. The SMILES string of the molecule is C=C(CCNC(=O)COC1CC(CC(F)(F)F)C1)NC(=O)c1ccc2cc(C(F)(F)F)ccc2n1. The van der Waals surface area contributed by atoms with E-state index in [1.165, 1.54) is 18.2 Å². The fraction of sp³-hybridized carbons (Fsp3) is 0.435. The van der Waals surface area contributed by atoms with Crippen molar-refractivity contribution in [3.8, 4) is 0 Å². The Bertz CT molecular complexity index is 1090. The molecule has 0 unspecified atom stereocenters. The van der Waals surface area contributed by atoms with Crippen molar-refractivity contribution < 1.29 is 40.7 Å². The molecule has 0 atom stereocenters. The van der Waals surface area contributed by atoms with E-state index in [2.05, 4.69) is 22.2 Å². The lowest BCUT2D eigenvalue weighted by Crippen LogP contribution is -2.38. The van der Waals surface area contributed by atoms with E-state index in [0.717, 1.165) is 12.1 Å². The Kier molecular flexibility index (Phi) is 8.04. The molecular weight excluding hydrogens is 480 g/mol. The van der Waals surface area contributed by atoms with E-state index in [1.54, 1.807) is 0 Å². The van der Waals surface area contributed by atoms with Gasteiger partial charge in [-0.1, -0.05) is 12.6 Å². The molecule has 0 radical (unpaired) electrons. The van der Waals surface area contributed by atoms with Crippen molar-refractivity contribution in [2.75, 3.05) is 13.2 Å². The number of nitrogens with zero attached hydrogens (tertiary/aromatic N) is 1.